The van der Waals surface area contributed by atoms with Crippen molar-refractivity contribution in [3.63, 3.8) is 0 Å². The van der Waals surface area contributed by atoms with Crippen molar-refractivity contribution in [3.8, 4) is 0 Å². The van der Waals surface area contributed by atoms with Crippen LogP contribution in [0.2, 0.25) is 0 Å². The molecule has 0 aromatic carbocycles. The predicted molar refractivity (Wildman–Crippen MR) is 62.1 cm³/mol. The molecule has 0 aromatic rings. The Balaban J connectivity index is 2.19. The maximum Gasteiger partial charge on any atom is 0.0808 e. The van der Waals surface area contributed by atoms with E-state index in [9.17, 15) is 0 Å². The highest BCUT2D eigenvalue weighted by Crippen LogP contribution is 2.14. The van der Waals surface area contributed by atoms with Gasteiger partial charge in [-0.2, -0.15) is 0 Å². The first-order valence-electron chi connectivity index (χ1n) is 6.12. The third kappa shape index (κ3) is 4.96. The standard InChI is InChI=1S/C12H25NO2/c1-10(2)12(8-13-3)15-9-11-6-4-5-7-14-11/h10-13H,4-9H2,1-3H3. The molecule has 0 radical (unpaired) electrons. The van der Waals surface area contributed by atoms with E-state index >= 15 is 0 Å². The molecule has 0 saturated carbocycles. The maximum absolute atomic E-state index is 5.90. The molecule has 0 aromatic heterocycles. The Hall–Kier alpha value is -0.120. The van der Waals surface area contributed by atoms with E-state index in [-0.39, 0.29) is 0 Å². The van der Waals surface area contributed by atoms with Crippen molar-refractivity contribution in [2.75, 3.05) is 26.8 Å². The van der Waals surface area contributed by atoms with Crippen LogP contribution in [0.3, 0.4) is 0 Å². The zero-order chi connectivity index (χ0) is 11.1. The molecule has 2 atom stereocenters. The van der Waals surface area contributed by atoms with Gasteiger partial charge in [0.1, 0.15) is 0 Å². The van der Waals surface area contributed by atoms with Gasteiger partial charge in [0, 0.05) is 13.2 Å². The van der Waals surface area contributed by atoms with Crippen LogP contribution in [0.1, 0.15) is 33.1 Å². The zero-order valence-electron chi connectivity index (χ0n) is 10.3. The lowest BCUT2D eigenvalue weighted by Crippen LogP contribution is -2.35. The Morgan fingerprint density at radius 3 is 2.73 bits per heavy atom. The van der Waals surface area contributed by atoms with Crippen molar-refractivity contribution < 1.29 is 9.47 Å². The van der Waals surface area contributed by atoms with Crippen LogP contribution >= 0.6 is 0 Å². The van der Waals surface area contributed by atoms with Crippen LogP contribution in [0, 0.1) is 5.92 Å². The number of hydrogen-bond acceptors (Lipinski definition) is 3. The Bertz CT molecular complexity index is 156. The smallest absolute Gasteiger partial charge is 0.0808 e. The highest BCUT2D eigenvalue weighted by molar-refractivity contribution is 4.68. The van der Waals surface area contributed by atoms with Gasteiger partial charge in [0.25, 0.3) is 0 Å². The number of rotatable bonds is 6. The maximum atomic E-state index is 5.90. The first kappa shape index (κ1) is 12.9. The summed E-state index contributed by atoms with van der Waals surface area (Å²) in [4.78, 5) is 0. The van der Waals surface area contributed by atoms with E-state index < -0.39 is 0 Å². The molecule has 1 aliphatic rings. The van der Waals surface area contributed by atoms with Crippen molar-refractivity contribution in [2.45, 2.75) is 45.3 Å². The molecule has 1 fully saturated rings. The van der Waals surface area contributed by atoms with Crippen LogP contribution in [-0.2, 0) is 9.47 Å². The van der Waals surface area contributed by atoms with Crippen LogP contribution in [0.25, 0.3) is 0 Å². The van der Waals surface area contributed by atoms with Crippen LogP contribution in [0.5, 0.6) is 0 Å². The van der Waals surface area contributed by atoms with Gasteiger partial charge in [0.15, 0.2) is 0 Å². The molecule has 15 heavy (non-hydrogen) atoms. The fraction of sp³-hybridized carbons (Fsp3) is 1.00. The van der Waals surface area contributed by atoms with Gasteiger partial charge in [0.2, 0.25) is 0 Å². The second-order valence-corrected chi connectivity index (χ2v) is 4.66. The summed E-state index contributed by atoms with van der Waals surface area (Å²) >= 11 is 0. The Labute approximate surface area is 93.5 Å². The van der Waals surface area contributed by atoms with E-state index in [1.165, 1.54) is 12.8 Å². The molecule has 90 valence electrons. The van der Waals surface area contributed by atoms with Gasteiger partial charge in [-0.3, -0.25) is 0 Å². The van der Waals surface area contributed by atoms with Crippen molar-refractivity contribution in [1.82, 2.24) is 5.32 Å². The summed E-state index contributed by atoms with van der Waals surface area (Å²) < 4.78 is 11.5. The third-order valence-electron chi connectivity index (χ3n) is 2.92. The summed E-state index contributed by atoms with van der Waals surface area (Å²) in [6, 6.07) is 0. The first-order valence-corrected chi connectivity index (χ1v) is 6.12. The largest absolute Gasteiger partial charge is 0.376 e. The highest BCUT2D eigenvalue weighted by Gasteiger charge is 2.18. The van der Waals surface area contributed by atoms with Crippen LogP contribution in [0.4, 0.5) is 0 Å². The molecule has 1 heterocycles. The van der Waals surface area contributed by atoms with Crippen molar-refractivity contribution in [3.05, 3.63) is 0 Å². The fourth-order valence-corrected chi connectivity index (χ4v) is 1.86. The van der Waals surface area contributed by atoms with Gasteiger partial charge in [-0.05, 0) is 32.2 Å². The lowest BCUT2D eigenvalue weighted by Gasteiger charge is -2.27. The second-order valence-electron chi connectivity index (χ2n) is 4.66. The quantitative estimate of drug-likeness (QED) is 0.733. The summed E-state index contributed by atoms with van der Waals surface area (Å²) in [5, 5.41) is 3.17. The van der Waals surface area contributed by atoms with Gasteiger partial charge in [-0.15, -0.1) is 0 Å². The van der Waals surface area contributed by atoms with Crippen molar-refractivity contribution in [1.29, 1.82) is 0 Å². The van der Waals surface area contributed by atoms with Crippen molar-refractivity contribution in [2.24, 2.45) is 5.92 Å². The molecule has 0 spiro atoms. The summed E-state index contributed by atoms with van der Waals surface area (Å²) in [6.07, 6.45) is 4.29. The average Bonchev–Trinajstić information content (AvgIpc) is 2.25. The Morgan fingerprint density at radius 2 is 2.20 bits per heavy atom. The first-order chi connectivity index (χ1) is 7.24. The third-order valence-corrected chi connectivity index (χ3v) is 2.92. The molecule has 1 rings (SSSR count). The minimum atomic E-state index is 0.306. The molecule has 2 unspecified atom stereocenters. The topological polar surface area (TPSA) is 30.5 Å². The number of nitrogens with one attached hydrogen (secondary N) is 1. The van der Waals surface area contributed by atoms with Gasteiger partial charge >= 0.3 is 0 Å². The Kier molecular flexibility index (Phi) is 6.22. The predicted octanol–water partition coefficient (Wildman–Crippen LogP) is 1.82. The summed E-state index contributed by atoms with van der Waals surface area (Å²) in [6.45, 7) is 6.98. The summed E-state index contributed by atoms with van der Waals surface area (Å²) in [7, 11) is 1.97. The fourth-order valence-electron chi connectivity index (χ4n) is 1.86. The van der Waals surface area contributed by atoms with E-state index in [1.807, 2.05) is 7.05 Å². The van der Waals surface area contributed by atoms with E-state index in [1.54, 1.807) is 0 Å². The molecular weight excluding hydrogens is 190 g/mol. The van der Waals surface area contributed by atoms with Crippen LogP contribution in [-0.4, -0.2) is 39.0 Å². The molecule has 0 amide bonds. The number of hydrogen-bond donors (Lipinski definition) is 1. The van der Waals surface area contributed by atoms with Gasteiger partial charge in [-0.25, -0.2) is 0 Å². The van der Waals surface area contributed by atoms with E-state index in [0.29, 0.717) is 18.1 Å². The van der Waals surface area contributed by atoms with Gasteiger partial charge < -0.3 is 14.8 Å². The lowest BCUT2D eigenvalue weighted by molar-refractivity contribution is -0.0717. The molecule has 3 heteroatoms. The molecule has 1 N–H and O–H groups in total. The zero-order valence-corrected chi connectivity index (χ0v) is 10.3. The minimum Gasteiger partial charge on any atom is -0.376 e. The number of likely N-dealkylation sites (N-methyl/N-ethyl adjacent to an activating group) is 1. The summed E-state index contributed by atoms with van der Waals surface area (Å²) in [5.41, 5.74) is 0. The molecular formula is C12H25NO2. The van der Waals surface area contributed by atoms with Gasteiger partial charge in [0.05, 0.1) is 18.8 Å². The molecule has 0 bridgehead atoms. The number of ether oxygens (including phenoxy) is 2. The Morgan fingerprint density at radius 1 is 1.40 bits per heavy atom. The highest BCUT2D eigenvalue weighted by atomic mass is 16.5. The molecule has 0 aliphatic carbocycles. The monoisotopic (exact) mass is 215 g/mol. The van der Waals surface area contributed by atoms with E-state index in [4.69, 9.17) is 9.47 Å². The molecule has 1 saturated heterocycles. The molecule has 1 aliphatic heterocycles. The van der Waals surface area contributed by atoms with Crippen LogP contribution < -0.4 is 5.32 Å². The molecule has 3 nitrogen and oxygen atoms in total. The normalized spacial score (nSPS) is 24.4. The van der Waals surface area contributed by atoms with Crippen LogP contribution in [0.15, 0.2) is 0 Å². The van der Waals surface area contributed by atoms with Crippen molar-refractivity contribution >= 4 is 0 Å². The van der Waals surface area contributed by atoms with E-state index in [0.717, 1.165) is 26.2 Å². The SMILES string of the molecule is CNCC(OCC1CCCCO1)C(C)C. The minimum absolute atomic E-state index is 0.306. The van der Waals surface area contributed by atoms with Gasteiger partial charge in [-0.1, -0.05) is 13.8 Å². The average molecular weight is 215 g/mol. The summed E-state index contributed by atoms with van der Waals surface area (Å²) in [5.74, 6) is 0.557. The second kappa shape index (κ2) is 7.20. The van der Waals surface area contributed by atoms with E-state index in [2.05, 4.69) is 19.2 Å². The lowest BCUT2D eigenvalue weighted by atomic mass is 10.1.